The number of rotatable bonds is 4. The van der Waals surface area contributed by atoms with Crippen LogP contribution in [-0.4, -0.2) is 58.0 Å². The van der Waals surface area contributed by atoms with Gasteiger partial charge in [-0.25, -0.2) is 0 Å². The molecule has 8 nitrogen and oxygen atoms in total. The Balaban J connectivity index is 0.000000701. The molecule has 25 heavy (non-hydrogen) atoms. The summed E-state index contributed by atoms with van der Waals surface area (Å²) in [5.41, 5.74) is -0.117. The van der Waals surface area contributed by atoms with Crippen LogP contribution in [0.25, 0.3) is 0 Å². The van der Waals surface area contributed by atoms with Crippen LogP contribution in [0.2, 0.25) is 0 Å². The number of fused-ring (bicyclic) bond motifs is 1. The highest BCUT2D eigenvalue weighted by atomic mass is 16.3. The van der Waals surface area contributed by atoms with Crippen molar-refractivity contribution in [3.8, 4) is 0 Å². The van der Waals surface area contributed by atoms with Crippen molar-refractivity contribution in [3.63, 3.8) is 0 Å². The van der Waals surface area contributed by atoms with E-state index in [-0.39, 0.29) is 23.6 Å². The molecular formula is C17H26N4O4. The second-order valence-electron chi connectivity index (χ2n) is 6.46. The molecule has 1 amide bonds. The van der Waals surface area contributed by atoms with Gasteiger partial charge < -0.3 is 20.3 Å². The lowest BCUT2D eigenvalue weighted by Crippen LogP contribution is -2.48. The summed E-state index contributed by atoms with van der Waals surface area (Å²) in [7, 11) is 0. The first-order valence-corrected chi connectivity index (χ1v) is 8.80. The Morgan fingerprint density at radius 2 is 2.08 bits per heavy atom. The minimum Gasteiger partial charge on any atom is -0.483 e. The Bertz CT molecular complexity index is 617. The zero-order chi connectivity index (χ0) is 18.1. The third-order valence-electron chi connectivity index (χ3n) is 4.93. The Kier molecular flexibility index (Phi) is 7.59. The molecule has 0 unspecified atom stereocenters. The van der Waals surface area contributed by atoms with Crippen LogP contribution < -0.4 is 10.9 Å². The van der Waals surface area contributed by atoms with Crippen molar-refractivity contribution < 1.29 is 14.7 Å². The molecule has 2 fully saturated rings. The molecule has 1 aromatic rings. The van der Waals surface area contributed by atoms with Crippen molar-refractivity contribution in [3.05, 3.63) is 28.4 Å². The van der Waals surface area contributed by atoms with Gasteiger partial charge in [0.25, 0.3) is 17.9 Å². The van der Waals surface area contributed by atoms with E-state index in [4.69, 9.17) is 9.90 Å². The molecule has 0 aliphatic carbocycles. The van der Waals surface area contributed by atoms with Gasteiger partial charge in [-0.2, -0.15) is 0 Å². The molecule has 2 aliphatic heterocycles. The zero-order valence-electron chi connectivity index (χ0n) is 14.3. The van der Waals surface area contributed by atoms with E-state index < -0.39 is 0 Å². The van der Waals surface area contributed by atoms with Gasteiger partial charge in [0.05, 0.1) is 12.4 Å². The second-order valence-corrected chi connectivity index (χ2v) is 6.46. The number of hydrogen-bond acceptors (Lipinski definition) is 5. The van der Waals surface area contributed by atoms with Gasteiger partial charge in [-0.3, -0.25) is 19.4 Å². The minimum atomic E-state index is -0.349. The molecule has 3 N–H and O–H groups in total. The predicted octanol–water partition coefficient (Wildman–Crippen LogP) is 0.855. The van der Waals surface area contributed by atoms with Crippen LogP contribution in [0.4, 0.5) is 0 Å². The van der Waals surface area contributed by atoms with Crippen molar-refractivity contribution in [2.24, 2.45) is 5.92 Å². The lowest BCUT2D eigenvalue weighted by molar-refractivity contribution is -0.122. The summed E-state index contributed by atoms with van der Waals surface area (Å²) >= 11 is 0. The first-order valence-electron chi connectivity index (χ1n) is 8.80. The third-order valence-corrected chi connectivity index (χ3v) is 4.93. The largest absolute Gasteiger partial charge is 0.483 e. The van der Waals surface area contributed by atoms with E-state index in [1.165, 1.54) is 51.4 Å². The second kappa shape index (κ2) is 9.93. The topological polar surface area (TPSA) is 115 Å². The third kappa shape index (κ3) is 5.67. The predicted molar refractivity (Wildman–Crippen MR) is 92.4 cm³/mol. The fourth-order valence-electron chi connectivity index (χ4n) is 3.87. The molecule has 138 valence electrons. The van der Waals surface area contributed by atoms with Crippen molar-refractivity contribution in [2.75, 3.05) is 19.6 Å². The van der Waals surface area contributed by atoms with Gasteiger partial charge in [-0.1, -0.05) is 6.42 Å². The van der Waals surface area contributed by atoms with E-state index in [2.05, 4.69) is 20.2 Å². The number of aromatic nitrogens is 2. The monoisotopic (exact) mass is 350 g/mol. The fourth-order valence-corrected chi connectivity index (χ4v) is 3.87. The summed E-state index contributed by atoms with van der Waals surface area (Å²) in [5, 5.41) is 9.79. The van der Waals surface area contributed by atoms with E-state index in [0.29, 0.717) is 18.5 Å². The number of piperidine rings is 2. The van der Waals surface area contributed by atoms with E-state index in [1.54, 1.807) is 0 Å². The molecule has 3 heterocycles. The number of H-pyrrole nitrogens is 1. The van der Waals surface area contributed by atoms with Gasteiger partial charge in [-0.05, 0) is 51.1 Å². The summed E-state index contributed by atoms with van der Waals surface area (Å²) in [4.78, 5) is 40.4. The van der Waals surface area contributed by atoms with E-state index in [1.807, 2.05) is 0 Å². The van der Waals surface area contributed by atoms with Crippen molar-refractivity contribution in [1.82, 2.24) is 20.2 Å². The number of hydrogen-bond donors (Lipinski definition) is 3. The minimum absolute atomic E-state index is 0.232. The molecule has 0 spiro atoms. The molecule has 1 aromatic heterocycles. The number of carbonyl (C=O) groups is 2. The lowest BCUT2D eigenvalue weighted by Gasteiger charge is -2.44. The summed E-state index contributed by atoms with van der Waals surface area (Å²) in [6.07, 6.45) is 10.1. The zero-order valence-corrected chi connectivity index (χ0v) is 14.3. The standard InChI is InChI=1S/C16H24N4O2.CH2O2/c21-15-11-17-10-13(19-15)16(22)18-7-6-12-4-3-9-20-8-2-1-5-14(12)20;2-1-3/h10-12,14H,1-9H2,(H,18,22)(H,19,21);1H,(H,2,3)/t12-,14+;/m0./s1. The van der Waals surface area contributed by atoms with Crippen LogP contribution in [0.3, 0.4) is 0 Å². The van der Waals surface area contributed by atoms with Crippen molar-refractivity contribution >= 4 is 12.4 Å². The van der Waals surface area contributed by atoms with Crippen LogP contribution in [0.1, 0.15) is 49.0 Å². The SMILES string of the molecule is O=C(NCC[C@@H]1CCCN2CCCC[C@H]12)c1cncc(=O)[nH]1.O=CO. The number of amides is 1. The molecule has 3 rings (SSSR count). The number of carboxylic acid groups (broad SMARTS) is 1. The van der Waals surface area contributed by atoms with E-state index in [9.17, 15) is 9.59 Å². The normalized spacial score (nSPS) is 22.9. The summed E-state index contributed by atoms with van der Waals surface area (Å²) < 4.78 is 0. The van der Waals surface area contributed by atoms with E-state index in [0.717, 1.165) is 12.6 Å². The number of aromatic amines is 1. The maximum Gasteiger partial charge on any atom is 0.290 e. The Morgan fingerprint density at radius 3 is 2.84 bits per heavy atom. The van der Waals surface area contributed by atoms with Gasteiger partial charge in [0.1, 0.15) is 5.69 Å². The van der Waals surface area contributed by atoms with Crippen LogP contribution in [-0.2, 0) is 4.79 Å². The van der Waals surface area contributed by atoms with Crippen LogP contribution in [0.5, 0.6) is 0 Å². The first-order chi connectivity index (χ1) is 12.2. The Hall–Kier alpha value is -2.22. The summed E-state index contributed by atoms with van der Waals surface area (Å²) in [6.45, 7) is 2.89. The number of carbonyl (C=O) groups excluding carboxylic acids is 1. The first kappa shape index (κ1) is 19.1. The molecule has 0 bridgehead atoms. The number of nitrogens with one attached hydrogen (secondary N) is 2. The highest BCUT2D eigenvalue weighted by Crippen LogP contribution is 2.32. The quantitative estimate of drug-likeness (QED) is 0.694. The van der Waals surface area contributed by atoms with E-state index >= 15 is 0 Å². The fraction of sp³-hybridized carbons (Fsp3) is 0.647. The Morgan fingerprint density at radius 1 is 1.32 bits per heavy atom. The van der Waals surface area contributed by atoms with Gasteiger partial charge in [0, 0.05) is 12.6 Å². The van der Waals surface area contributed by atoms with Gasteiger partial charge in [0.15, 0.2) is 0 Å². The van der Waals surface area contributed by atoms with Gasteiger partial charge in [0.2, 0.25) is 0 Å². The summed E-state index contributed by atoms with van der Waals surface area (Å²) in [5.74, 6) is 0.434. The average molecular weight is 350 g/mol. The maximum absolute atomic E-state index is 12.0. The summed E-state index contributed by atoms with van der Waals surface area (Å²) in [6, 6.07) is 0.706. The number of nitrogens with zero attached hydrogens (tertiary/aromatic N) is 2. The highest BCUT2D eigenvalue weighted by molar-refractivity contribution is 5.91. The average Bonchev–Trinajstić information content (AvgIpc) is 2.62. The lowest BCUT2D eigenvalue weighted by atomic mass is 9.82. The van der Waals surface area contributed by atoms with Crippen LogP contribution in [0.15, 0.2) is 17.2 Å². The molecule has 8 heteroatoms. The maximum atomic E-state index is 12.0. The smallest absolute Gasteiger partial charge is 0.290 e. The molecular weight excluding hydrogens is 324 g/mol. The molecule has 0 radical (unpaired) electrons. The van der Waals surface area contributed by atoms with Gasteiger partial charge >= 0.3 is 0 Å². The van der Waals surface area contributed by atoms with Gasteiger partial charge in [-0.15, -0.1) is 0 Å². The highest BCUT2D eigenvalue weighted by Gasteiger charge is 2.32. The molecule has 0 aromatic carbocycles. The molecule has 2 aliphatic rings. The Labute approximate surface area is 146 Å². The molecule has 0 saturated carbocycles. The molecule has 2 saturated heterocycles. The van der Waals surface area contributed by atoms with Crippen molar-refractivity contribution in [1.29, 1.82) is 0 Å². The van der Waals surface area contributed by atoms with Crippen LogP contribution >= 0.6 is 0 Å². The van der Waals surface area contributed by atoms with Crippen molar-refractivity contribution in [2.45, 2.75) is 44.6 Å². The molecule has 2 atom stereocenters. The van der Waals surface area contributed by atoms with Crippen LogP contribution in [0, 0.1) is 5.92 Å².